The molecule has 1 aliphatic carbocycles. The molecule has 3 aromatic heterocycles. The van der Waals surface area contributed by atoms with Crippen molar-refractivity contribution in [3.63, 3.8) is 0 Å². The smallest absolute Gasteiger partial charge is 0.383 e. The number of nitrogen functional groups attached to an aromatic ring is 1. The number of nitrogens with zero attached hydrogens (tertiary/aromatic N) is 5. The number of hydrogen-bond donors (Lipinski definition) is 6. The monoisotopic (exact) mass is 965 g/mol. The molecule has 0 bridgehead atoms. The Balaban J connectivity index is 0.908. The van der Waals surface area contributed by atoms with Crippen LogP contribution in [0.25, 0.3) is 28.2 Å². The van der Waals surface area contributed by atoms with Crippen LogP contribution in [0.2, 0.25) is 0 Å². The van der Waals surface area contributed by atoms with E-state index in [1.165, 1.54) is 21.9 Å². The molecule has 368 valence electrons. The molecule has 0 unspecified atom stereocenters. The predicted octanol–water partition coefficient (Wildman–Crippen LogP) is 6.54. The number of halogens is 3. The number of hydrogen-bond acceptors (Lipinski definition) is 11. The molecule has 2 fully saturated rings. The van der Waals surface area contributed by atoms with E-state index in [0.717, 1.165) is 56.0 Å². The summed E-state index contributed by atoms with van der Waals surface area (Å²) < 4.78 is 45.1. The topological polar surface area (TPSA) is 247 Å². The lowest BCUT2D eigenvalue weighted by molar-refractivity contribution is -0.137. The van der Waals surface area contributed by atoms with Crippen molar-refractivity contribution in [1.29, 1.82) is 0 Å². The van der Waals surface area contributed by atoms with Gasteiger partial charge >= 0.3 is 12.2 Å². The van der Waals surface area contributed by atoms with Crippen LogP contribution in [0.15, 0.2) is 73.1 Å². The highest BCUT2D eigenvalue weighted by atomic mass is 19.4. The summed E-state index contributed by atoms with van der Waals surface area (Å²) >= 11 is 0. The molecule has 2 aliphatic rings. The van der Waals surface area contributed by atoms with E-state index < -0.39 is 23.7 Å². The minimum atomic E-state index is -4.59. The molecule has 5 aromatic rings. The first-order valence-corrected chi connectivity index (χ1v) is 23.0. The van der Waals surface area contributed by atoms with Gasteiger partial charge in [-0.2, -0.15) is 18.3 Å². The molecule has 0 radical (unpaired) electrons. The number of allylic oxidation sites excluding steroid dienone is 1. The fourth-order valence-corrected chi connectivity index (χ4v) is 8.24. The Kier molecular flexibility index (Phi) is 16.6. The number of carbonyl (C=O) groups excluding carboxylic acids is 6. The molecule has 4 heterocycles. The zero-order chi connectivity index (χ0) is 49.8. The number of H-pyrrole nitrogens is 1. The van der Waals surface area contributed by atoms with Crippen molar-refractivity contribution >= 4 is 69.9 Å². The summed E-state index contributed by atoms with van der Waals surface area (Å²) in [5.74, 6) is -1.87. The highest BCUT2D eigenvalue weighted by molar-refractivity contribution is 6.07. The minimum Gasteiger partial charge on any atom is -0.383 e. The Labute approximate surface area is 401 Å². The Bertz CT molecular complexity index is 2760. The lowest BCUT2D eigenvalue weighted by Crippen LogP contribution is -2.49. The molecule has 21 heteroatoms. The molecule has 1 aliphatic heterocycles. The zero-order valence-corrected chi connectivity index (χ0v) is 38.5. The van der Waals surface area contributed by atoms with E-state index in [1.54, 1.807) is 36.5 Å². The number of nitrogens with one attached hydrogen (secondary N) is 5. The van der Waals surface area contributed by atoms with Gasteiger partial charge in [0.1, 0.15) is 17.2 Å². The predicted molar refractivity (Wildman–Crippen MR) is 255 cm³/mol. The number of imide groups is 1. The van der Waals surface area contributed by atoms with Crippen LogP contribution in [-0.4, -0.2) is 106 Å². The maximum Gasteiger partial charge on any atom is 0.416 e. The number of aryl methyl sites for hydroxylation is 1. The lowest BCUT2D eigenvalue weighted by atomic mass is 9.95. The van der Waals surface area contributed by atoms with Crippen LogP contribution in [0.1, 0.15) is 95.2 Å². The molecule has 1 saturated carbocycles. The molecule has 0 spiro atoms. The summed E-state index contributed by atoms with van der Waals surface area (Å²) in [5.41, 5.74) is 9.57. The van der Waals surface area contributed by atoms with Crippen molar-refractivity contribution in [2.75, 3.05) is 55.3 Å². The van der Waals surface area contributed by atoms with Crippen LogP contribution >= 0.6 is 0 Å². The molecule has 2 aromatic carbocycles. The van der Waals surface area contributed by atoms with Gasteiger partial charge in [-0.25, -0.2) is 14.8 Å². The molecular weight excluding hydrogens is 912 g/mol. The van der Waals surface area contributed by atoms with Crippen molar-refractivity contribution < 1.29 is 46.7 Å². The van der Waals surface area contributed by atoms with Crippen LogP contribution in [0.3, 0.4) is 0 Å². The van der Waals surface area contributed by atoms with Gasteiger partial charge in [0.2, 0.25) is 17.7 Å². The number of aromatic nitrogens is 4. The van der Waals surface area contributed by atoms with E-state index in [4.69, 9.17) is 10.5 Å². The van der Waals surface area contributed by atoms with Crippen LogP contribution in [0.5, 0.6) is 0 Å². The molecular formula is C49H54F3N11O7. The van der Waals surface area contributed by atoms with Crippen LogP contribution in [-0.2, 0) is 25.3 Å². The summed E-state index contributed by atoms with van der Waals surface area (Å²) in [4.78, 5) is 87.7. The first kappa shape index (κ1) is 50.2. The second kappa shape index (κ2) is 23.1. The van der Waals surface area contributed by atoms with E-state index in [1.807, 2.05) is 19.1 Å². The third-order valence-electron chi connectivity index (χ3n) is 12.0. The van der Waals surface area contributed by atoms with Gasteiger partial charge < -0.3 is 31.3 Å². The van der Waals surface area contributed by atoms with Crippen molar-refractivity contribution in [3.05, 3.63) is 101 Å². The maximum absolute atomic E-state index is 13.5. The summed E-state index contributed by atoms with van der Waals surface area (Å²) in [6.45, 7) is 2.58. The van der Waals surface area contributed by atoms with Crippen molar-refractivity contribution in [2.45, 2.75) is 76.9 Å². The minimum absolute atomic E-state index is 0.0199. The first-order chi connectivity index (χ1) is 33.6. The number of pyridine rings is 2. The number of carbonyl (C=O) groups is 6. The van der Waals surface area contributed by atoms with Gasteiger partial charge in [-0.1, -0.05) is 49.6 Å². The quantitative estimate of drug-likeness (QED) is 0.0486. The second-order valence-electron chi connectivity index (χ2n) is 17.0. The number of benzene rings is 2. The molecule has 7 N–H and O–H groups in total. The number of rotatable bonds is 19. The number of fused-ring (bicyclic) bond motifs is 1. The number of anilines is 3. The fraction of sp³-hybridized carbons (Fsp3) is 0.367. The number of nitrogens with two attached hydrogens (primary N) is 1. The highest BCUT2D eigenvalue weighted by Crippen LogP contribution is 2.33. The van der Waals surface area contributed by atoms with Gasteiger partial charge in [-0.3, -0.25) is 39.3 Å². The van der Waals surface area contributed by atoms with Crippen LogP contribution < -0.4 is 31.9 Å². The molecule has 18 nitrogen and oxygen atoms in total. The van der Waals surface area contributed by atoms with E-state index in [9.17, 15) is 41.9 Å². The second-order valence-corrected chi connectivity index (χ2v) is 17.0. The van der Waals surface area contributed by atoms with Gasteiger partial charge in [0, 0.05) is 72.4 Å². The number of amides is 7. The normalized spacial score (nSPS) is 14.4. The average molecular weight is 966 g/mol. The first-order valence-electron chi connectivity index (χ1n) is 23.0. The van der Waals surface area contributed by atoms with Gasteiger partial charge in [0.25, 0.3) is 11.8 Å². The van der Waals surface area contributed by atoms with Crippen LogP contribution in [0.4, 0.5) is 35.3 Å². The molecule has 7 rings (SSSR count). The molecule has 7 amide bonds. The fourth-order valence-electron chi connectivity index (χ4n) is 8.24. The Morgan fingerprint density at radius 1 is 0.971 bits per heavy atom. The molecule has 0 atom stereocenters. The van der Waals surface area contributed by atoms with E-state index >= 15 is 0 Å². The van der Waals surface area contributed by atoms with E-state index in [0.29, 0.717) is 58.4 Å². The highest BCUT2D eigenvalue weighted by Gasteiger charge is 2.31. The van der Waals surface area contributed by atoms with Crippen molar-refractivity contribution in [1.82, 2.24) is 41.0 Å². The molecule has 1 saturated heterocycles. The summed E-state index contributed by atoms with van der Waals surface area (Å²) in [6, 6.07) is 12.4. The number of alkyl halides is 3. The zero-order valence-electron chi connectivity index (χ0n) is 38.5. The number of aromatic amines is 1. The Hall–Kier alpha value is -7.68. The third-order valence-corrected chi connectivity index (χ3v) is 12.0. The van der Waals surface area contributed by atoms with E-state index in [-0.39, 0.29) is 92.6 Å². The number of ether oxygens (including phenoxy) is 1. The average Bonchev–Trinajstić information content (AvgIpc) is 3.80. The summed E-state index contributed by atoms with van der Waals surface area (Å²) in [5, 5.41) is 18.6. The lowest BCUT2D eigenvalue weighted by Gasteiger charge is -2.28. The Morgan fingerprint density at radius 3 is 2.50 bits per heavy atom. The molecule has 70 heavy (non-hydrogen) atoms. The third kappa shape index (κ3) is 13.1. The summed E-state index contributed by atoms with van der Waals surface area (Å²) in [6.07, 6.45) is 8.01. The van der Waals surface area contributed by atoms with Gasteiger partial charge in [0.05, 0.1) is 42.8 Å². The summed E-state index contributed by atoms with van der Waals surface area (Å²) in [7, 11) is 0. The maximum atomic E-state index is 13.5. The SMILES string of the molecule is Cc1ccc(C(=O)NCCOCCC(=O)N(CCC/C=C/c2cnc(N)c3c(-c4ccc(C(=O)Nc5cc(C(F)(F)F)ccn5)cc4)[nH]nc23)CC(=O)NC2CCCCC2)cc1N1CCC(=O)NC1=O. The van der Waals surface area contributed by atoms with Crippen molar-refractivity contribution in [2.24, 2.45) is 0 Å². The number of unbranched alkanes of at least 4 members (excludes halogenated alkanes) is 1. The van der Waals surface area contributed by atoms with Crippen LogP contribution in [0, 0.1) is 6.92 Å². The van der Waals surface area contributed by atoms with E-state index in [2.05, 4.69) is 41.4 Å². The van der Waals surface area contributed by atoms with Gasteiger partial charge in [0.15, 0.2) is 0 Å². The standard InChI is InChI=1S/C49H54F3N11O7/c1-30-11-12-33(26-37(30)63-23-18-39(64)59-48(63)69)46(67)55-21-25-70-24-19-41(66)62(29-40(65)57-36-9-5-2-6-10-36)22-7-3-4-8-34-28-56-45(53)42-43(60-61-44(34)42)31-13-15-32(16-14-31)47(68)58-38-27-35(17-20-54-38)49(50,51)52/h4,8,11-17,20,26-28,36H,2-3,5-7,9-10,18-19,21-25,29H2,1H3,(H2,53,56)(H,55,67)(H,57,65)(H,60,61)(H,54,58,68)(H,59,64,69)/b8-4+. The largest absolute Gasteiger partial charge is 0.416 e. The van der Waals surface area contributed by atoms with Gasteiger partial charge in [-0.05, 0) is 74.6 Å². The Morgan fingerprint density at radius 2 is 1.74 bits per heavy atom. The number of urea groups is 1. The van der Waals surface area contributed by atoms with Gasteiger partial charge in [-0.15, -0.1) is 0 Å². The van der Waals surface area contributed by atoms with Crippen molar-refractivity contribution in [3.8, 4) is 11.3 Å².